The van der Waals surface area contributed by atoms with Crippen LogP contribution in [0.3, 0.4) is 0 Å². The third kappa shape index (κ3) is 4.51. The number of nitrogens with zero attached hydrogens (tertiary/aromatic N) is 3. The molecule has 2 rings (SSSR count). The molecule has 0 amide bonds. The Hall–Kier alpha value is -1.99. The van der Waals surface area contributed by atoms with Crippen molar-refractivity contribution in [2.45, 2.75) is 39.5 Å². The Balaban J connectivity index is 1.83. The third-order valence-electron chi connectivity index (χ3n) is 3.53. The van der Waals surface area contributed by atoms with Crippen LogP contribution in [0.4, 0.5) is 0 Å². The second-order valence-corrected chi connectivity index (χ2v) is 6.41. The molecule has 1 aromatic heterocycles. The van der Waals surface area contributed by atoms with Gasteiger partial charge in [-0.05, 0) is 44.7 Å². The molecule has 1 unspecified atom stereocenters. The highest BCUT2D eigenvalue weighted by Crippen LogP contribution is 2.18. The minimum atomic E-state index is -0.320. The molecule has 0 N–H and O–H groups in total. The molecule has 0 aliphatic rings. The van der Waals surface area contributed by atoms with Gasteiger partial charge in [-0.15, -0.1) is 11.3 Å². The Morgan fingerprint density at radius 3 is 2.82 bits per heavy atom. The lowest BCUT2D eigenvalue weighted by Crippen LogP contribution is -1.98. The molecular formula is C18H21N3S. The van der Waals surface area contributed by atoms with Gasteiger partial charge in [-0.1, -0.05) is 23.8 Å². The second-order valence-electron chi connectivity index (χ2n) is 5.52. The van der Waals surface area contributed by atoms with Crippen LogP contribution >= 0.6 is 11.3 Å². The van der Waals surface area contributed by atoms with Crippen molar-refractivity contribution in [3.8, 4) is 6.07 Å². The van der Waals surface area contributed by atoms with Gasteiger partial charge >= 0.3 is 0 Å². The molecule has 4 heteroatoms. The number of hydrogen-bond donors (Lipinski definition) is 0. The van der Waals surface area contributed by atoms with Crippen LogP contribution in [0.15, 0.2) is 28.6 Å². The first-order valence-corrected chi connectivity index (χ1v) is 8.36. The number of nitriles is 1. The molecule has 3 nitrogen and oxygen atoms in total. The first kappa shape index (κ1) is 16.4. The molecule has 1 aromatic carbocycles. The van der Waals surface area contributed by atoms with Crippen molar-refractivity contribution in [1.29, 1.82) is 5.26 Å². The average molecular weight is 311 g/mol. The van der Waals surface area contributed by atoms with Gasteiger partial charge in [0, 0.05) is 23.8 Å². The van der Waals surface area contributed by atoms with Gasteiger partial charge in [-0.2, -0.15) is 5.26 Å². The van der Waals surface area contributed by atoms with Crippen LogP contribution in [0.1, 0.15) is 39.7 Å². The SMILES string of the molecule is Cc1ccc(CCCN=CC(C#N)c2nc(C)cs2)c(C)c1. The summed E-state index contributed by atoms with van der Waals surface area (Å²) in [7, 11) is 0. The third-order valence-corrected chi connectivity index (χ3v) is 4.57. The summed E-state index contributed by atoms with van der Waals surface area (Å²) in [6.07, 6.45) is 3.76. The van der Waals surface area contributed by atoms with Crippen LogP contribution in [0.25, 0.3) is 0 Å². The van der Waals surface area contributed by atoms with Gasteiger partial charge in [0.15, 0.2) is 0 Å². The van der Waals surface area contributed by atoms with E-state index in [4.69, 9.17) is 0 Å². The number of thiazole rings is 1. The van der Waals surface area contributed by atoms with Crippen LogP contribution in [-0.2, 0) is 6.42 Å². The highest BCUT2D eigenvalue weighted by Gasteiger charge is 2.11. The van der Waals surface area contributed by atoms with Gasteiger partial charge in [-0.25, -0.2) is 4.98 Å². The Morgan fingerprint density at radius 2 is 2.18 bits per heavy atom. The summed E-state index contributed by atoms with van der Waals surface area (Å²) in [5.41, 5.74) is 4.99. The van der Waals surface area contributed by atoms with E-state index < -0.39 is 0 Å². The Labute approximate surface area is 136 Å². The van der Waals surface area contributed by atoms with Crippen LogP contribution in [0.5, 0.6) is 0 Å². The monoisotopic (exact) mass is 311 g/mol. The van der Waals surface area contributed by atoms with E-state index in [2.05, 4.69) is 48.1 Å². The molecule has 0 saturated carbocycles. The second kappa shape index (κ2) is 7.86. The summed E-state index contributed by atoms with van der Waals surface area (Å²) in [5.74, 6) is -0.320. The minimum Gasteiger partial charge on any atom is -0.296 e. The fraction of sp³-hybridized carbons (Fsp3) is 0.389. The van der Waals surface area contributed by atoms with Gasteiger partial charge in [0.2, 0.25) is 0 Å². The highest BCUT2D eigenvalue weighted by molar-refractivity contribution is 7.09. The molecule has 0 fully saturated rings. The molecule has 114 valence electrons. The molecule has 0 aliphatic heterocycles. The van der Waals surface area contributed by atoms with Crippen molar-refractivity contribution in [3.63, 3.8) is 0 Å². The van der Waals surface area contributed by atoms with Gasteiger partial charge in [0.05, 0.1) is 6.07 Å². The average Bonchev–Trinajstić information content (AvgIpc) is 2.91. The summed E-state index contributed by atoms with van der Waals surface area (Å²) in [6, 6.07) is 8.83. The van der Waals surface area contributed by atoms with E-state index in [0.717, 1.165) is 30.1 Å². The van der Waals surface area contributed by atoms with E-state index in [1.807, 2.05) is 12.3 Å². The smallest absolute Gasteiger partial charge is 0.133 e. The van der Waals surface area contributed by atoms with E-state index in [1.165, 1.54) is 28.0 Å². The molecule has 22 heavy (non-hydrogen) atoms. The van der Waals surface area contributed by atoms with Gasteiger partial charge in [-0.3, -0.25) is 4.99 Å². The van der Waals surface area contributed by atoms with Crippen molar-refractivity contribution in [2.24, 2.45) is 4.99 Å². The molecule has 0 bridgehead atoms. The Bertz CT molecular complexity index is 695. The molecule has 0 saturated heterocycles. The number of benzene rings is 1. The summed E-state index contributed by atoms with van der Waals surface area (Å²) in [4.78, 5) is 8.76. The van der Waals surface area contributed by atoms with Crippen LogP contribution in [0, 0.1) is 32.1 Å². The highest BCUT2D eigenvalue weighted by atomic mass is 32.1. The standard InChI is InChI=1S/C18H21N3S/c1-13-6-7-16(14(2)9-13)5-4-8-20-11-17(10-19)18-21-15(3)12-22-18/h6-7,9,11-12,17H,4-5,8H2,1-3H3. The van der Waals surface area contributed by atoms with Crippen molar-refractivity contribution in [2.75, 3.05) is 6.54 Å². The maximum Gasteiger partial charge on any atom is 0.133 e. The zero-order valence-corrected chi connectivity index (χ0v) is 14.2. The summed E-state index contributed by atoms with van der Waals surface area (Å²) in [5, 5.41) is 12.0. The van der Waals surface area contributed by atoms with E-state index >= 15 is 0 Å². The normalized spacial score (nSPS) is 12.5. The topological polar surface area (TPSA) is 49.0 Å². The molecule has 1 atom stereocenters. The number of rotatable bonds is 6. The molecule has 1 heterocycles. The van der Waals surface area contributed by atoms with Crippen molar-refractivity contribution in [1.82, 2.24) is 4.98 Å². The first-order chi connectivity index (χ1) is 10.6. The molecule has 0 spiro atoms. The van der Waals surface area contributed by atoms with E-state index in [1.54, 1.807) is 6.21 Å². The lowest BCUT2D eigenvalue weighted by Gasteiger charge is -2.05. The van der Waals surface area contributed by atoms with Crippen molar-refractivity contribution >= 4 is 17.6 Å². The number of aryl methyl sites for hydroxylation is 4. The van der Waals surface area contributed by atoms with Gasteiger partial charge in [0.25, 0.3) is 0 Å². The zero-order valence-electron chi connectivity index (χ0n) is 13.3. The van der Waals surface area contributed by atoms with E-state index in [0.29, 0.717) is 0 Å². The van der Waals surface area contributed by atoms with Crippen LogP contribution in [-0.4, -0.2) is 17.7 Å². The minimum absolute atomic E-state index is 0.320. The lowest BCUT2D eigenvalue weighted by molar-refractivity contribution is 0.827. The van der Waals surface area contributed by atoms with Crippen molar-refractivity contribution < 1.29 is 0 Å². The summed E-state index contributed by atoms with van der Waals surface area (Å²) < 4.78 is 0. The largest absolute Gasteiger partial charge is 0.296 e. The maximum atomic E-state index is 9.21. The predicted molar refractivity (Wildman–Crippen MR) is 92.8 cm³/mol. The zero-order chi connectivity index (χ0) is 15.9. The van der Waals surface area contributed by atoms with E-state index in [-0.39, 0.29) is 5.92 Å². The molecular weight excluding hydrogens is 290 g/mol. The fourth-order valence-electron chi connectivity index (χ4n) is 2.33. The quantitative estimate of drug-likeness (QED) is 0.587. The van der Waals surface area contributed by atoms with Crippen molar-refractivity contribution in [3.05, 3.63) is 51.0 Å². The molecule has 0 aliphatic carbocycles. The Kier molecular flexibility index (Phi) is 5.85. The van der Waals surface area contributed by atoms with Gasteiger partial charge in [0.1, 0.15) is 10.9 Å². The fourth-order valence-corrected chi connectivity index (χ4v) is 3.14. The maximum absolute atomic E-state index is 9.21. The summed E-state index contributed by atoms with van der Waals surface area (Å²) in [6.45, 7) is 6.96. The number of aliphatic imine (C=N–C) groups is 1. The molecule has 0 radical (unpaired) electrons. The lowest BCUT2D eigenvalue weighted by atomic mass is 10.0. The Morgan fingerprint density at radius 1 is 1.36 bits per heavy atom. The first-order valence-electron chi connectivity index (χ1n) is 7.48. The van der Waals surface area contributed by atoms with Crippen LogP contribution in [0.2, 0.25) is 0 Å². The predicted octanol–water partition coefficient (Wildman–Crippen LogP) is 4.38. The number of hydrogen-bond acceptors (Lipinski definition) is 4. The molecule has 2 aromatic rings. The van der Waals surface area contributed by atoms with E-state index in [9.17, 15) is 5.26 Å². The van der Waals surface area contributed by atoms with Crippen LogP contribution < -0.4 is 0 Å². The number of aromatic nitrogens is 1. The van der Waals surface area contributed by atoms with Gasteiger partial charge < -0.3 is 0 Å². The summed E-state index contributed by atoms with van der Waals surface area (Å²) >= 11 is 1.52.